The van der Waals surface area contributed by atoms with E-state index in [1.54, 1.807) is 0 Å². The predicted octanol–water partition coefficient (Wildman–Crippen LogP) is 3.24. The van der Waals surface area contributed by atoms with Crippen molar-refractivity contribution < 1.29 is 9.53 Å². The monoisotopic (exact) mass is 314 g/mol. The van der Waals surface area contributed by atoms with E-state index in [0.29, 0.717) is 6.54 Å². The molecule has 0 radical (unpaired) electrons. The number of hydrogen-bond acceptors (Lipinski definition) is 3. The van der Waals surface area contributed by atoms with E-state index >= 15 is 0 Å². The zero-order valence-electron chi connectivity index (χ0n) is 14.4. The van der Waals surface area contributed by atoms with Gasteiger partial charge in [0.2, 0.25) is 0 Å². The minimum absolute atomic E-state index is 0.0226. The van der Waals surface area contributed by atoms with Gasteiger partial charge in [-0.25, -0.2) is 0 Å². The number of ether oxygens (including phenoxy) is 1. The van der Waals surface area contributed by atoms with Gasteiger partial charge < -0.3 is 15.4 Å². The first-order valence-corrected chi connectivity index (χ1v) is 8.06. The molecule has 0 fully saturated rings. The second-order valence-corrected chi connectivity index (χ2v) is 6.63. The third-order valence-corrected chi connectivity index (χ3v) is 3.42. The number of rotatable bonds is 6. The summed E-state index contributed by atoms with van der Waals surface area (Å²) in [7, 11) is 0. The third kappa shape index (κ3) is 4.96. The van der Waals surface area contributed by atoms with Gasteiger partial charge in [-0.2, -0.15) is 0 Å². The van der Waals surface area contributed by atoms with Gasteiger partial charge in [0.05, 0.1) is 0 Å². The first kappa shape index (κ1) is 17.3. The standard InChI is InChI=1S/C19H26N2O2/c1-5-20-12-16-15-9-7-6-8-14(15)10-11-17(16)23-13-18(22)21-19(2,3)4/h6-11,20H,5,12-13H2,1-4H3,(H,21,22). The third-order valence-electron chi connectivity index (χ3n) is 3.42. The van der Waals surface area contributed by atoms with Crippen LogP contribution in [0.4, 0.5) is 0 Å². The van der Waals surface area contributed by atoms with Gasteiger partial charge in [0, 0.05) is 17.6 Å². The van der Waals surface area contributed by atoms with Crippen LogP contribution >= 0.6 is 0 Å². The van der Waals surface area contributed by atoms with E-state index in [4.69, 9.17) is 4.74 Å². The number of amides is 1. The fourth-order valence-corrected chi connectivity index (χ4v) is 2.48. The lowest BCUT2D eigenvalue weighted by Gasteiger charge is -2.21. The summed E-state index contributed by atoms with van der Waals surface area (Å²) < 4.78 is 5.80. The van der Waals surface area contributed by atoms with Crippen LogP contribution in [0.2, 0.25) is 0 Å². The van der Waals surface area contributed by atoms with Crippen LogP contribution in [0.5, 0.6) is 5.75 Å². The summed E-state index contributed by atoms with van der Waals surface area (Å²) in [5, 5.41) is 8.58. The van der Waals surface area contributed by atoms with Gasteiger partial charge in [-0.15, -0.1) is 0 Å². The van der Waals surface area contributed by atoms with Gasteiger partial charge in [-0.1, -0.05) is 37.3 Å². The molecular formula is C19H26N2O2. The SMILES string of the molecule is CCNCc1c(OCC(=O)NC(C)(C)C)ccc2ccccc12. The molecule has 2 aromatic carbocycles. The van der Waals surface area contributed by atoms with Crippen LogP contribution in [-0.2, 0) is 11.3 Å². The number of hydrogen-bond donors (Lipinski definition) is 2. The van der Waals surface area contributed by atoms with Crippen LogP contribution in [0, 0.1) is 0 Å². The van der Waals surface area contributed by atoms with Crippen molar-refractivity contribution in [2.24, 2.45) is 0 Å². The highest BCUT2D eigenvalue weighted by Crippen LogP contribution is 2.28. The van der Waals surface area contributed by atoms with Crippen molar-refractivity contribution in [1.29, 1.82) is 0 Å². The molecule has 0 atom stereocenters. The summed E-state index contributed by atoms with van der Waals surface area (Å²) in [6, 6.07) is 12.2. The van der Waals surface area contributed by atoms with Crippen molar-refractivity contribution in [2.45, 2.75) is 39.8 Å². The van der Waals surface area contributed by atoms with Gasteiger partial charge >= 0.3 is 0 Å². The van der Waals surface area contributed by atoms with Crippen LogP contribution in [0.1, 0.15) is 33.3 Å². The molecule has 4 heteroatoms. The number of benzene rings is 2. The van der Waals surface area contributed by atoms with E-state index < -0.39 is 0 Å². The Morgan fingerprint density at radius 3 is 2.57 bits per heavy atom. The van der Waals surface area contributed by atoms with Gasteiger partial charge in [0.15, 0.2) is 6.61 Å². The van der Waals surface area contributed by atoms with E-state index in [-0.39, 0.29) is 18.1 Å². The summed E-state index contributed by atoms with van der Waals surface area (Å²) in [6.07, 6.45) is 0. The Balaban J connectivity index is 2.20. The van der Waals surface area contributed by atoms with E-state index in [0.717, 1.165) is 23.2 Å². The fraction of sp³-hybridized carbons (Fsp3) is 0.421. The van der Waals surface area contributed by atoms with Crippen molar-refractivity contribution in [3.05, 3.63) is 42.0 Å². The molecule has 0 heterocycles. The Bertz CT molecular complexity index is 675. The van der Waals surface area contributed by atoms with Crippen LogP contribution in [0.25, 0.3) is 10.8 Å². The average molecular weight is 314 g/mol. The Kier molecular flexibility index (Phi) is 5.61. The van der Waals surface area contributed by atoms with E-state index in [9.17, 15) is 4.79 Å². The molecule has 0 saturated carbocycles. The Morgan fingerprint density at radius 2 is 1.87 bits per heavy atom. The largest absolute Gasteiger partial charge is 0.483 e. The molecule has 0 bridgehead atoms. The number of nitrogens with one attached hydrogen (secondary N) is 2. The predicted molar refractivity (Wildman–Crippen MR) is 94.7 cm³/mol. The van der Waals surface area contributed by atoms with Gasteiger partial charge in [0.25, 0.3) is 5.91 Å². The number of carbonyl (C=O) groups is 1. The van der Waals surface area contributed by atoms with Gasteiger partial charge in [-0.05, 0) is 44.2 Å². The molecule has 0 aliphatic carbocycles. The average Bonchev–Trinajstić information content (AvgIpc) is 2.49. The molecule has 0 aromatic heterocycles. The maximum absolute atomic E-state index is 12.0. The van der Waals surface area contributed by atoms with Crippen molar-refractivity contribution in [2.75, 3.05) is 13.2 Å². The van der Waals surface area contributed by atoms with Crippen LogP contribution in [0.15, 0.2) is 36.4 Å². The summed E-state index contributed by atoms with van der Waals surface area (Å²) in [5.74, 6) is 0.647. The zero-order chi connectivity index (χ0) is 16.9. The highest BCUT2D eigenvalue weighted by Gasteiger charge is 2.15. The number of carbonyl (C=O) groups excluding carboxylic acids is 1. The second-order valence-electron chi connectivity index (χ2n) is 6.63. The minimum atomic E-state index is -0.254. The molecule has 1 amide bonds. The molecule has 0 aliphatic rings. The van der Waals surface area contributed by atoms with Crippen molar-refractivity contribution in [3.8, 4) is 5.75 Å². The van der Waals surface area contributed by atoms with E-state index in [1.165, 1.54) is 5.39 Å². The molecule has 0 spiro atoms. The number of fused-ring (bicyclic) bond motifs is 1. The van der Waals surface area contributed by atoms with Gasteiger partial charge in [0.1, 0.15) is 5.75 Å². The molecule has 23 heavy (non-hydrogen) atoms. The van der Waals surface area contributed by atoms with Crippen LogP contribution in [-0.4, -0.2) is 24.6 Å². The molecule has 124 valence electrons. The highest BCUT2D eigenvalue weighted by atomic mass is 16.5. The lowest BCUT2D eigenvalue weighted by atomic mass is 10.0. The lowest BCUT2D eigenvalue weighted by Crippen LogP contribution is -2.43. The van der Waals surface area contributed by atoms with E-state index in [2.05, 4.69) is 29.7 Å². The van der Waals surface area contributed by atoms with Gasteiger partial charge in [-0.3, -0.25) is 4.79 Å². The molecule has 0 saturated heterocycles. The Labute approximate surface area is 138 Å². The maximum Gasteiger partial charge on any atom is 0.258 e. The highest BCUT2D eigenvalue weighted by molar-refractivity contribution is 5.88. The normalized spacial score (nSPS) is 11.5. The Morgan fingerprint density at radius 1 is 1.13 bits per heavy atom. The first-order chi connectivity index (χ1) is 10.9. The maximum atomic E-state index is 12.0. The summed E-state index contributed by atoms with van der Waals surface area (Å²) in [5.41, 5.74) is 0.838. The second kappa shape index (κ2) is 7.47. The molecular weight excluding hydrogens is 288 g/mol. The molecule has 2 aromatic rings. The van der Waals surface area contributed by atoms with Crippen molar-refractivity contribution in [1.82, 2.24) is 10.6 Å². The smallest absolute Gasteiger partial charge is 0.258 e. The molecule has 4 nitrogen and oxygen atoms in total. The fourth-order valence-electron chi connectivity index (χ4n) is 2.48. The molecule has 0 unspecified atom stereocenters. The summed E-state index contributed by atoms with van der Waals surface area (Å²) in [4.78, 5) is 12.0. The topological polar surface area (TPSA) is 50.4 Å². The summed E-state index contributed by atoms with van der Waals surface area (Å²) >= 11 is 0. The quantitative estimate of drug-likeness (QED) is 0.860. The Hall–Kier alpha value is -2.07. The van der Waals surface area contributed by atoms with E-state index in [1.807, 2.05) is 45.0 Å². The van der Waals surface area contributed by atoms with Crippen LogP contribution in [0.3, 0.4) is 0 Å². The molecule has 2 N–H and O–H groups in total. The summed E-state index contributed by atoms with van der Waals surface area (Å²) in [6.45, 7) is 9.56. The van der Waals surface area contributed by atoms with Crippen LogP contribution < -0.4 is 15.4 Å². The zero-order valence-corrected chi connectivity index (χ0v) is 14.4. The molecule has 2 rings (SSSR count). The molecule has 0 aliphatic heterocycles. The minimum Gasteiger partial charge on any atom is -0.483 e. The van der Waals surface area contributed by atoms with Crippen molar-refractivity contribution in [3.63, 3.8) is 0 Å². The lowest BCUT2D eigenvalue weighted by molar-refractivity contribution is -0.124. The first-order valence-electron chi connectivity index (χ1n) is 8.06. The van der Waals surface area contributed by atoms with Crippen molar-refractivity contribution >= 4 is 16.7 Å².